The topological polar surface area (TPSA) is 74.8 Å². The van der Waals surface area contributed by atoms with Crippen molar-refractivity contribution in [2.24, 2.45) is 0 Å². The van der Waals surface area contributed by atoms with Crippen molar-refractivity contribution in [2.75, 3.05) is 50.8 Å². The van der Waals surface area contributed by atoms with Gasteiger partial charge in [0.25, 0.3) is 5.91 Å². The van der Waals surface area contributed by atoms with Gasteiger partial charge in [-0.25, -0.2) is 4.98 Å². The molecule has 0 radical (unpaired) electrons. The summed E-state index contributed by atoms with van der Waals surface area (Å²) in [4.78, 5) is 32.9. The molecule has 1 aromatic rings. The molecule has 0 aliphatic carbocycles. The van der Waals surface area contributed by atoms with Gasteiger partial charge in [0.2, 0.25) is 5.91 Å². The van der Waals surface area contributed by atoms with Crippen molar-refractivity contribution in [2.45, 2.75) is 25.7 Å². The lowest BCUT2D eigenvalue weighted by atomic mass is 10.2. The molecule has 0 spiro atoms. The minimum absolute atomic E-state index is 0.142. The average molecular weight is 346 g/mol. The summed E-state index contributed by atoms with van der Waals surface area (Å²) in [5.41, 5.74) is 0.576. The molecule has 0 saturated carbocycles. The van der Waals surface area contributed by atoms with E-state index in [9.17, 15) is 9.59 Å². The molecule has 136 valence electrons. The van der Waals surface area contributed by atoms with Crippen LogP contribution >= 0.6 is 0 Å². The summed E-state index contributed by atoms with van der Waals surface area (Å²) in [5, 5.41) is 2.94. The van der Waals surface area contributed by atoms with Crippen molar-refractivity contribution in [1.29, 1.82) is 0 Å². The summed E-state index contributed by atoms with van der Waals surface area (Å²) in [6.07, 6.45) is 5.45. The number of likely N-dealkylation sites (tertiary alicyclic amines) is 1. The number of morpholine rings is 1. The first-order chi connectivity index (χ1) is 12.3. The van der Waals surface area contributed by atoms with Gasteiger partial charge in [0.05, 0.1) is 18.8 Å². The minimum Gasteiger partial charge on any atom is -0.378 e. The van der Waals surface area contributed by atoms with Crippen LogP contribution in [0, 0.1) is 0 Å². The van der Waals surface area contributed by atoms with Gasteiger partial charge in [0.1, 0.15) is 5.82 Å². The Morgan fingerprint density at radius 2 is 2.04 bits per heavy atom. The van der Waals surface area contributed by atoms with E-state index >= 15 is 0 Å². The van der Waals surface area contributed by atoms with Gasteiger partial charge in [0.15, 0.2) is 0 Å². The van der Waals surface area contributed by atoms with Crippen LogP contribution in [0.2, 0.25) is 0 Å². The Hall–Kier alpha value is -2.15. The van der Waals surface area contributed by atoms with Gasteiger partial charge in [-0.3, -0.25) is 9.59 Å². The van der Waals surface area contributed by atoms with Gasteiger partial charge in [0, 0.05) is 45.3 Å². The minimum atomic E-state index is -0.142. The number of carbonyl (C=O) groups is 2. The fourth-order valence-corrected chi connectivity index (χ4v) is 3.28. The Morgan fingerprint density at radius 3 is 2.88 bits per heavy atom. The lowest BCUT2D eigenvalue weighted by molar-refractivity contribution is -0.130. The number of nitrogens with zero attached hydrogens (tertiary/aromatic N) is 3. The molecule has 1 N–H and O–H groups in total. The SMILES string of the molecule is O=C(NCCN1CCCCCC1=O)c1cccnc1N1CCOCC1. The molecule has 0 aromatic carbocycles. The lowest BCUT2D eigenvalue weighted by Crippen LogP contribution is -2.40. The Labute approximate surface area is 148 Å². The maximum Gasteiger partial charge on any atom is 0.255 e. The van der Waals surface area contributed by atoms with Crippen LogP contribution in [0.5, 0.6) is 0 Å². The average Bonchev–Trinajstić information content (AvgIpc) is 2.87. The Bertz CT molecular complexity index is 602. The van der Waals surface area contributed by atoms with Crippen LogP contribution in [0.15, 0.2) is 18.3 Å². The third-order valence-corrected chi connectivity index (χ3v) is 4.68. The van der Waals surface area contributed by atoms with Gasteiger partial charge in [-0.05, 0) is 25.0 Å². The van der Waals surface area contributed by atoms with Gasteiger partial charge in [-0.1, -0.05) is 6.42 Å². The first-order valence-corrected chi connectivity index (χ1v) is 9.09. The molecule has 0 bridgehead atoms. The van der Waals surface area contributed by atoms with Gasteiger partial charge < -0.3 is 19.9 Å². The first-order valence-electron chi connectivity index (χ1n) is 9.09. The highest BCUT2D eigenvalue weighted by molar-refractivity contribution is 5.98. The van der Waals surface area contributed by atoms with Crippen LogP contribution in [0.3, 0.4) is 0 Å². The zero-order chi connectivity index (χ0) is 17.5. The number of aromatic nitrogens is 1. The number of carbonyl (C=O) groups excluding carboxylic acids is 2. The predicted molar refractivity (Wildman–Crippen MR) is 94.7 cm³/mol. The van der Waals surface area contributed by atoms with Crippen LogP contribution in [0.1, 0.15) is 36.0 Å². The molecule has 2 amide bonds. The van der Waals surface area contributed by atoms with E-state index in [0.717, 1.165) is 38.9 Å². The van der Waals surface area contributed by atoms with Crippen LogP contribution in [0.4, 0.5) is 5.82 Å². The number of rotatable bonds is 5. The standard InChI is InChI=1S/C18H26N4O3/c23-16-6-2-1-3-9-21(16)10-8-20-18(24)15-5-4-7-19-17(15)22-11-13-25-14-12-22/h4-5,7H,1-3,6,8-14H2,(H,20,24). The fourth-order valence-electron chi connectivity index (χ4n) is 3.28. The second-order valence-electron chi connectivity index (χ2n) is 6.42. The predicted octanol–water partition coefficient (Wildman–Crippen LogP) is 1.05. The molecule has 25 heavy (non-hydrogen) atoms. The molecule has 0 unspecified atom stereocenters. The van der Waals surface area contributed by atoms with Crippen LogP contribution in [0.25, 0.3) is 0 Å². The molecule has 2 fully saturated rings. The molecule has 7 heteroatoms. The highest BCUT2D eigenvalue weighted by Gasteiger charge is 2.20. The Morgan fingerprint density at radius 1 is 1.20 bits per heavy atom. The lowest BCUT2D eigenvalue weighted by Gasteiger charge is -2.29. The van der Waals surface area contributed by atoms with Gasteiger partial charge >= 0.3 is 0 Å². The van der Waals surface area contributed by atoms with E-state index in [1.807, 2.05) is 4.90 Å². The normalized spacial score (nSPS) is 18.8. The van der Waals surface area contributed by atoms with E-state index in [1.54, 1.807) is 18.3 Å². The van der Waals surface area contributed by atoms with E-state index < -0.39 is 0 Å². The highest BCUT2D eigenvalue weighted by Crippen LogP contribution is 2.18. The van der Waals surface area contributed by atoms with Crippen molar-refractivity contribution in [1.82, 2.24) is 15.2 Å². The summed E-state index contributed by atoms with van der Waals surface area (Å²) in [6.45, 7) is 4.59. The molecular weight excluding hydrogens is 320 g/mol. The van der Waals surface area contributed by atoms with Crippen molar-refractivity contribution >= 4 is 17.6 Å². The Kier molecular flexibility index (Phi) is 6.22. The maximum atomic E-state index is 12.6. The molecule has 2 saturated heterocycles. The number of anilines is 1. The monoisotopic (exact) mass is 346 g/mol. The van der Waals surface area contributed by atoms with Crippen molar-refractivity contribution in [3.8, 4) is 0 Å². The third-order valence-electron chi connectivity index (χ3n) is 4.68. The summed E-state index contributed by atoms with van der Waals surface area (Å²) in [7, 11) is 0. The summed E-state index contributed by atoms with van der Waals surface area (Å²) >= 11 is 0. The smallest absolute Gasteiger partial charge is 0.255 e. The van der Waals surface area contributed by atoms with E-state index in [0.29, 0.717) is 44.1 Å². The fraction of sp³-hybridized carbons (Fsp3) is 0.611. The number of pyridine rings is 1. The molecule has 2 aliphatic heterocycles. The number of ether oxygens (including phenoxy) is 1. The van der Waals surface area contributed by atoms with Crippen molar-refractivity contribution < 1.29 is 14.3 Å². The number of hydrogen-bond acceptors (Lipinski definition) is 5. The first kappa shape index (κ1) is 17.7. The number of hydrogen-bond donors (Lipinski definition) is 1. The Balaban J connectivity index is 1.57. The number of nitrogens with one attached hydrogen (secondary N) is 1. The largest absolute Gasteiger partial charge is 0.378 e. The van der Waals surface area contributed by atoms with Crippen LogP contribution < -0.4 is 10.2 Å². The van der Waals surface area contributed by atoms with Crippen molar-refractivity contribution in [3.63, 3.8) is 0 Å². The van der Waals surface area contributed by atoms with Crippen molar-refractivity contribution in [3.05, 3.63) is 23.9 Å². The zero-order valence-corrected chi connectivity index (χ0v) is 14.6. The number of amides is 2. The van der Waals surface area contributed by atoms with E-state index in [-0.39, 0.29) is 11.8 Å². The third kappa shape index (κ3) is 4.69. The molecular formula is C18H26N4O3. The zero-order valence-electron chi connectivity index (χ0n) is 14.6. The second kappa shape index (κ2) is 8.80. The quantitative estimate of drug-likeness (QED) is 0.863. The molecule has 3 heterocycles. The van der Waals surface area contributed by atoms with E-state index in [1.165, 1.54) is 0 Å². The van der Waals surface area contributed by atoms with Crippen LogP contribution in [-0.2, 0) is 9.53 Å². The van der Waals surface area contributed by atoms with Gasteiger partial charge in [-0.2, -0.15) is 0 Å². The summed E-state index contributed by atoms with van der Waals surface area (Å²) in [5.74, 6) is 0.758. The summed E-state index contributed by atoms with van der Waals surface area (Å²) in [6, 6.07) is 3.57. The molecule has 0 atom stereocenters. The molecule has 7 nitrogen and oxygen atoms in total. The van der Waals surface area contributed by atoms with E-state index in [4.69, 9.17) is 4.74 Å². The highest BCUT2D eigenvalue weighted by atomic mass is 16.5. The second-order valence-corrected chi connectivity index (χ2v) is 6.42. The van der Waals surface area contributed by atoms with Crippen LogP contribution in [-0.4, -0.2) is 67.6 Å². The van der Waals surface area contributed by atoms with Gasteiger partial charge in [-0.15, -0.1) is 0 Å². The maximum absolute atomic E-state index is 12.6. The molecule has 3 rings (SSSR count). The van der Waals surface area contributed by atoms with E-state index in [2.05, 4.69) is 15.2 Å². The summed E-state index contributed by atoms with van der Waals surface area (Å²) < 4.78 is 5.37. The molecule has 2 aliphatic rings. The molecule has 1 aromatic heterocycles.